The van der Waals surface area contributed by atoms with E-state index in [1.165, 1.54) is 6.26 Å². The molecule has 5 rings (SSSR count). The lowest BCUT2D eigenvalue weighted by atomic mass is 10.0. The molecule has 2 aliphatic rings. The van der Waals surface area contributed by atoms with Gasteiger partial charge in [-0.05, 0) is 44.0 Å². The van der Waals surface area contributed by atoms with Crippen LogP contribution in [0.5, 0.6) is 0 Å². The smallest absolute Gasteiger partial charge is 0.268 e. The van der Waals surface area contributed by atoms with E-state index in [4.69, 9.17) is 10.5 Å². The van der Waals surface area contributed by atoms with Gasteiger partial charge in [-0.3, -0.25) is 19.4 Å². The maximum atomic E-state index is 12.4. The van der Waals surface area contributed by atoms with Crippen LogP contribution < -0.4 is 15.5 Å². The molecule has 0 saturated carbocycles. The predicted octanol–water partition coefficient (Wildman–Crippen LogP) is 1.56. The van der Waals surface area contributed by atoms with E-state index in [0.717, 1.165) is 33.5 Å². The number of pyridine rings is 1. The van der Waals surface area contributed by atoms with E-state index >= 15 is 0 Å². The second kappa shape index (κ2) is 8.96. The first kappa shape index (κ1) is 22.2. The monoisotopic (exact) mass is 464 g/mol. The van der Waals surface area contributed by atoms with Crippen LogP contribution in [0.2, 0.25) is 0 Å². The molecule has 34 heavy (non-hydrogen) atoms. The summed E-state index contributed by atoms with van der Waals surface area (Å²) in [5.41, 5.74) is 10.2. The Kier molecular flexibility index (Phi) is 5.84. The molecule has 2 aromatic heterocycles. The number of rotatable bonds is 6. The van der Waals surface area contributed by atoms with E-state index in [2.05, 4.69) is 15.0 Å². The number of nitrogens with two attached hydrogens (primary N) is 1. The average Bonchev–Trinajstić information content (AvgIpc) is 3.43. The number of ether oxygens (including phenoxy) is 1. The van der Waals surface area contributed by atoms with Crippen molar-refractivity contribution >= 4 is 28.2 Å². The fraction of sp³-hybridized carbons (Fsp3) is 0.375. The van der Waals surface area contributed by atoms with Gasteiger partial charge in [0.25, 0.3) is 5.91 Å². The highest BCUT2D eigenvalue weighted by atomic mass is 16.5. The lowest BCUT2D eigenvalue weighted by Crippen LogP contribution is -2.38. The topological polar surface area (TPSA) is 130 Å². The van der Waals surface area contributed by atoms with Crippen molar-refractivity contribution in [1.29, 1.82) is 0 Å². The number of fused-ring (bicyclic) bond motifs is 1. The van der Waals surface area contributed by atoms with Crippen LogP contribution >= 0.6 is 0 Å². The van der Waals surface area contributed by atoms with Crippen LogP contribution in [-0.4, -0.2) is 56.7 Å². The van der Waals surface area contributed by atoms with Crippen molar-refractivity contribution in [2.45, 2.75) is 38.6 Å². The molecule has 1 saturated heterocycles. The number of amides is 1. The molecule has 4 N–H and O–H groups in total. The van der Waals surface area contributed by atoms with E-state index in [0.29, 0.717) is 32.5 Å². The Labute approximate surface area is 196 Å². The molecule has 10 heteroatoms. The van der Waals surface area contributed by atoms with Crippen LogP contribution in [0.4, 0.5) is 11.4 Å². The van der Waals surface area contributed by atoms with Crippen LogP contribution in [-0.2, 0) is 16.1 Å². The highest BCUT2D eigenvalue weighted by molar-refractivity contribution is 6.00. The van der Waals surface area contributed by atoms with E-state index in [9.17, 15) is 15.0 Å². The number of carbonyl (C=O) groups is 1. The van der Waals surface area contributed by atoms with Gasteiger partial charge in [0.1, 0.15) is 12.0 Å². The Hall–Kier alpha value is -3.63. The van der Waals surface area contributed by atoms with Crippen LogP contribution in [0.1, 0.15) is 30.3 Å². The lowest BCUT2D eigenvalue weighted by Gasteiger charge is -2.36. The standard InChI is InChI=1S/C24H28N6O4/c1-15-10-16(2-5-26-15)24-30(22(14-34-24)23(25)33)21-11-17-13-27-29(8-9-31)19(17)12-20(21)28-6-3-18(32)4-7-28/h2,5,10-14,18,24,31-32H,3-4,6-9H2,1H3,(H2,25,33). The minimum atomic E-state index is -0.594. The molecule has 0 radical (unpaired) electrons. The highest BCUT2D eigenvalue weighted by Crippen LogP contribution is 2.44. The van der Waals surface area contributed by atoms with Crippen LogP contribution in [0.25, 0.3) is 10.9 Å². The molecule has 0 bridgehead atoms. The zero-order valence-corrected chi connectivity index (χ0v) is 19.0. The normalized spacial score (nSPS) is 18.9. The van der Waals surface area contributed by atoms with Gasteiger partial charge in [0.2, 0.25) is 6.23 Å². The number of aromatic nitrogens is 3. The summed E-state index contributed by atoms with van der Waals surface area (Å²) in [4.78, 5) is 20.7. The summed E-state index contributed by atoms with van der Waals surface area (Å²) < 4.78 is 7.73. The molecule has 10 nitrogen and oxygen atoms in total. The first-order chi connectivity index (χ1) is 16.5. The number of aryl methyl sites for hydroxylation is 1. The number of benzene rings is 1. The Morgan fingerprint density at radius 3 is 2.74 bits per heavy atom. The fourth-order valence-electron chi connectivity index (χ4n) is 4.68. The van der Waals surface area contributed by atoms with E-state index < -0.39 is 12.1 Å². The molecule has 3 aromatic rings. The van der Waals surface area contributed by atoms with Gasteiger partial charge < -0.3 is 25.6 Å². The number of hydrogen-bond acceptors (Lipinski definition) is 8. The van der Waals surface area contributed by atoms with Crippen LogP contribution in [0.15, 0.2) is 48.6 Å². The maximum Gasteiger partial charge on any atom is 0.268 e. The van der Waals surface area contributed by atoms with Crippen molar-refractivity contribution < 1.29 is 19.7 Å². The summed E-state index contributed by atoms with van der Waals surface area (Å²) >= 11 is 0. The predicted molar refractivity (Wildman–Crippen MR) is 127 cm³/mol. The number of aliphatic hydroxyl groups is 2. The molecule has 4 heterocycles. The Morgan fingerprint density at radius 1 is 1.24 bits per heavy atom. The van der Waals surface area contributed by atoms with E-state index in [1.807, 2.05) is 36.1 Å². The summed E-state index contributed by atoms with van der Waals surface area (Å²) in [7, 11) is 0. The quantitative estimate of drug-likeness (QED) is 0.501. The van der Waals surface area contributed by atoms with Crippen molar-refractivity contribution in [2.75, 3.05) is 29.5 Å². The SMILES string of the molecule is Cc1cc(C2OC=C(C(N)=O)N2c2cc3cnn(CCO)c3cc2N2CCC(O)CC2)ccn1. The molecule has 178 valence electrons. The van der Waals surface area contributed by atoms with E-state index in [1.54, 1.807) is 17.1 Å². The number of piperidine rings is 1. The zero-order chi connectivity index (χ0) is 23.8. The molecule has 1 fully saturated rings. The minimum absolute atomic E-state index is 0.0260. The Bertz CT molecular complexity index is 1250. The minimum Gasteiger partial charge on any atom is -0.471 e. The third-order valence-corrected chi connectivity index (χ3v) is 6.38. The van der Waals surface area contributed by atoms with Gasteiger partial charge >= 0.3 is 0 Å². The van der Waals surface area contributed by atoms with E-state index in [-0.39, 0.29) is 18.4 Å². The van der Waals surface area contributed by atoms with Gasteiger partial charge in [-0.1, -0.05) is 0 Å². The number of nitrogens with zero attached hydrogens (tertiary/aromatic N) is 5. The highest BCUT2D eigenvalue weighted by Gasteiger charge is 2.36. The van der Waals surface area contributed by atoms with Crippen molar-refractivity contribution in [2.24, 2.45) is 5.73 Å². The number of primary amides is 1. The van der Waals surface area contributed by atoms with Crippen molar-refractivity contribution in [3.05, 3.63) is 59.9 Å². The average molecular weight is 465 g/mol. The third-order valence-electron chi connectivity index (χ3n) is 6.38. The largest absolute Gasteiger partial charge is 0.471 e. The van der Waals surface area contributed by atoms with Crippen LogP contribution in [0.3, 0.4) is 0 Å². The second-order valence-corrected chi connectivity index (χ2v) is 8.67. The van der Waals surface area contributed by atoms with Gasteiger partial charge in [-0.15, -0.1) is 0 Å². The van der Waals surface area contributed by atoms with Crippen molar-refractivity contribution in [3.63, 3.8) is 0 Å². The Morgan fingerprint density at radius 2 is 2.03 bits per heavy atom. The molecular weight excluding hydrogens is 436 g/mol. The number of carbonyl (C=O) groups excluding carboxylic acids is 1. The summed E-state index contributed by atoms with van der Waals surface area (Å²) in [6.45, 7) is 3.58. The van der Waals surface area contributed by atoms with Gasteiger partial charge in [0.05, 0.1) is 42.3 Å². The summed E-state index contributed by atoms with van der Waals surface area (Å²) in [5.74, 6) is -0.593. The lowest BCUT2D eigenvalue weighted by molar-refractivity contribution is -0.114. The molecule has 0 aliphatic carbocycles. The molecule has 0 spiro atoms. The molecule has 1 atom stereocenters. The maximum absolute atomic E-state index is 12.4. The van der Waals surface area contributed by atoms with Gasteiger partial charge in [0, 0.05) is 35.9 Å². The third kappa shape index (κ3) is 3.95. The van der Waals surface area contributed by atoms with Gasteiger partial charge in [0.15, 0.2) is 0 Å². The Balaban J connectivity index is 1.68. The van der Waals surface area contributed by atoms with Crippen LogP contribution in [0, 0.1) is 6.92 Å². The zero-order valence-electron chi connectivity index (χ0n) is 19.0. The van der Waals surface area contributed by atoms with Gasteiger partial charge in [-0.25, -0.2) is 0 Å². The van der Waals surface area contributed by atoms with Crippen molar-refractivity contribution in [3.8, 4) is 0 Å². The number of anilines is 2. The number of aliphatic hydroxyl groups excluding tert-OH is 2. The molecule has 2 aliphatic heterocycles. The molecule has 1 amide bonds. The summed E-state index contributed by atoms with van der Waals surface area (Å²) in [6, 6.07) is 7.78. The fourth-order valence-corrected chi connectivity index (χ4v) is 4.68. The first-order valence-electron chi connectivity index (χ1n) is 11.4. The second-order valence-electron chi connectivity index (χ2n) is 8.67. The van der Waals surface area contributed by atoms with Crippen molar-refractivity contribution in [1.82, 2.24) is 14.8 Å². The first-order valence-corrected chi connectivity index (χ1v) is 11.4. The molecule has 1 unspecified atom stereocenters. The molecule has 1 aromatic carbocycles. The summed E-state index contributed by atoms with van der Waals surface area (Å²) in [5, 5.41) is 24.8. The molecular formula is C24H28N6O4. The number of hydrogen-bond donors (Lipinski definition) is 3. The summed E-state index contributed by atoms with van der Waals surface area (Å²) in [6.07, 6.45) is 5.24. The van der Waals surface area contributed by atoms with Gasteiger partial charge in [-0.2, -0.15) is 5.10 Å².